The second kappa shape index (κ2) is 8.02. The van der Waals surface area contributed by atoms with Gasteiger partial charge in [-0.1, -0.05) is 6.92 Å². The molecule has 0 saturated carbocycles. The molecule has 2 aromatic rings. The van der Waals surface area contributed by atoms with Crippen molar-refractivity contribution in [2.75, 3.05) is 6.61 Å². The fraction of sp³-hybridized carbons (Fsp3) is 0.444. The van der Waals surface area contributed by atoms with Crippen LogP contribution >= 0.6 is 0 Å². The van der Waals surface area contributed by atoms with E-state index in [1.54, 1.807) is 18.3 Å². The van der Waals surface area contributed by atoms with Gasteiger partial charge in [0, 0.05) is 23.4 Å². The van der Waals surface area contributed by atoms with Crippen molar-refractivity contribution >= 4 is 0 Å². The van der Waals surface area contributed by atoms with Crippen LogP contribution in [0.2, 0.25) is 0 Å². The van der Waals surface area contributed by atoms with Crippen molar-refractivity contribution in [1.82, 2.24) is 9.97 Å². The van der Waals surface area contributed by atoms with Crippen molar-refractivity contribution in [3.63, 3.8) is 0 Å². The lowest BCUT2D eigenvalue weighted by atomic mass is 10.0. The van der Waals surface area contributed by atoms with Gasteiger partial charge in [-0.3, -0.25) is 0 Å². The summed E-state index contributed by atoms with van der Waals surface area (Å²) in [6.07, 6.45) is 2.58. The molecular formula is C18H24FN3O. The summed E-state index contributed by atoms with van der Waals surface area (Å²) in [5.41, 5.74) is 7.96. The highest BCUT2D eigenvalue weighted by Gasteiger charge is 2.11. The Morgan fingerprint density at radius 2 is 2.04 bits per heavy atom. The Labute approximate surface area is 136 Å². The first-order valence-electron chi connectivity index (χ1n) is 7.87. The molecule has 1 aromatic carbocycles. The van der Waals surface area contributed by atoms with E-state index in [-0.39, 0.29) is 6.04 Å². The number of nitrogens with zero attached hydrogens (tertiary/aromatic N) is 2. The second-order valence-electron chi connectivity index (χ2n) is 6.07. The lowest BCUT2D eigenvalue weighted by Gasteiger charge is -2.17. The highest BCUT2D eigenvalue weighted by molar-refractivity contribution is 5.61. The number of halogens is 1. The van der Waals surface area contributed by atoms with Crippen LogP contribution in [0.15, 0.2) is 30.5 Å². The number of rotatable bonds is 7. The molecular weight excluding hydrogens is 293 g/mol. The van der Waals surface area contributed by atoms with Crippen LogP contribution in [0.5, 0.6) is 5.75 Å². The molecule has 23 heavy (non-hydrogen) atoms. The van der Waals surface area contributed by atoms with Gasteiger partial charge in [0.2, 0.25) is 0 Å². The SMILES string of the molecule is Cc1nccc(-c2ccc(OCC(C)CC(C)N)c(CF)c2)n1. The van der Waals surface area contributed by atoms with Crippen LogP contribution in [0.4, 0.5) is 4.39 Å². The molecule has 5 heteroatoms. The monoisotopic (exact) mass is 317 g/mol. The third-order valence-corrected chi connectivity index (χ3v) is 3.57. The van der Waals surface area contributed by atoms with Gasteiger partial charge in [0.05, 0.1) is 12.3 Å². The quantitative estimate of drug-likeness (QED) is 0.846. The van der Waals surface area contributed by atoms with Crippen LogP contribution < -0.4 is 10.5 Å². The van der Waals surface area contributed by atoms with E-state index in [9.17, 15) is 4.39 Å². The molecule has 2 atom stereocenters. The number of hydrogen-bond donors (Lipinski definition) is 1. The maximum Gasteiger partial charge on any atom is 0.125 e. The Kier molecular flexibility index (Phi) is 6.04. The van der Waals surface area contributed by atoms with Crippen molar-refractivity contribution in [3.05, 3.63) is 41.9 Å². The largest absolute Gasteiger partial charge is 0.493 e. The first kappa shape index (κ1) is 17.3. The van der Waals surface area contributed by atoms with E-state index in [0.717, 1.165) is 17.7 Å². The summed E-state index contributed by atoms with van der Waals surface area (Å²) in [5, 5.41) is 0. The zero-order valence-corrected chi connectivity index (χ0v) is 13.9. The minimum Gasteiger partial charge on any atom is -0.493 e. The predicted octanol–water partition coefficient (Wildman–Crippen LogP) is 3.67. The zero-order chi connectivity index (χ0) is 16.8. The number of aryl methyl sites for hydroxylation is 1. The Morgan fingerprint density at radius 3 is 2.70 bits per heavy atom. The third-order valence-electron chi connectivity index (χ3n) is 3.57. The Hall–Kier alpha value is -2.01. The van der Waals surface area contributed by atoms with Crippen molar-refractivity contribution < 1.29 is 9.13 Å². The number of hydrogen-bond acceptors (Lipinski definition) is 4. The molecule has 1 heterocycles. The number of nitrogens with two attached hydrogens (primary N) is 1. The molecule has 2 N–H and O–H groups in total. The van der Waals surface area contributed by atoms with Gasteiger partial charge in [0.1, 0.15) is 18.2 Å². The lowest BCUT2D eigenvalue weighted by molar-refractivity contribution is 0.242. The summed E-state index contributed by atoms with van der Waals surface area (Å²) in [4.78, 5) is 8.44. The van der Waals surface area contributed by atoms with Crippen LogP contribution in [-0.4, -0.2) is 22.6 Å². The summed E-state index contributed by atoms with van der Waals surface area (Å²) >= 11 is 0. The highest BCUT2D eigenvalue weighted by Crippen LogP contribution is 2.27. The van der Waals surface area contributed by atoms with Gasteiger partial charge < -0.3 is 10.5 Å². The summed E-state index contributed by atoms with van der Waals surface area (Å²) in [6, 6.07) is 7.44. The molecule has 2 unspecified atom stereocenters. The van der Waals surface area contributed by atoms with Crippen LogP contribution in [0.1, 0.15) is 31.7 Å². The van der Waals surface area contributed by atoms with Crippen LogP contribution in [0.25, 0.3) is 11.3 Å². The molecule has 2 rings (SSSR count). The first-order valence-corrected chi connectivity index (χ1v) is 7.87. The van der Waals surface area contributed by atoms with E-state index < -0.39 is 6.67 Å². The fourth-order valence-corrected chi connectivity index (χ4v) is 2.54. The number of ether oxygens (including phenoxy) is 1. The van der Waals surface area contributed by atoms with Gasteiger partial charge in [-0.2, -0.15) is 0 Å². The van der Waals surface area contributed by atoms with Gasteiger partial charge in [-0.15, -0.1) is 0 Å². The molecule has 124 valence electrons. The van der Waals surface area contributed by atoms with E-state index >= 15 is 0 Å². The molecule has 0 aliphatic rings. The summed E-state index contributed by atoms with van der Waals surface area (Å²) in [5.74, 6) is 1.60. The van der Waals surface area contributed by atoms with Crippen molar-refractivity contribution in [2.24, 2.45) is 11.7 Å². The third kappa shape index (κ3) is 4.99. The molecule has 0 radical (unpaired) electrons. The van der Waals surface area contributed by atoms with E-state index in [1.807, 2.05) is 26.0 Å². The van der Waals surface area contributed by atoms with Gasteiger partial charge in [-0.25, -0.2) is 14.4 Å². The van der Waals surface area contributed by atoms with Crippen molar-refractivity contribution in [3.8, 4) is 17.0 Å². The second-order valence-corrected chi connectivity index (χ2v) is 6.07. The van der Waals surface area contributed by atoms with Crippen molar-refractivity contribution in [2.45, 2.75) is 39.9 Å². The molecule has 0 saturated heterocycles. The standard InChI is InChI=1S/C18H24FN3O/c1-12(8-13(2)20)11-23-18-5-4-15(9-16(18)10-19)17-6-7-21-14(3)22-17/h4-7,9,12-13H,8,10-11,20H2,1-3H3. The average molecular weight is 317 g/mol. The summed E-state index contributed by atoms with van der Waals surface area (Å²) < 4.78 is 19.1. The van der Waals surface area contributed by atoms with Gasteiger partial charge in [0.25, 0.3) is 0 Å². The molecule has 0 spiro atoms. The normalized spacial score (nSPS) is 13.6. The van der Waals surface area contributed by atoms with E-state index in [2.05, 4.69) is 16.9 Å². The van der Waals surface area contributed by atoms with Gasteiger partial charge in [0.15, 0.2) is 0 Å². The van der Waals surface area contributed by atoms with Crippen LogP contribution in [0.3, 0.4) is 0 Å². The first-order chi connectivity index (χ1) is 11.0. The molecule has 0 amide bonds. The van der Waals surface area contributed by atoms with E-state index in [1.165, 1.54) is 0 Å². The lowest BCUT2D eigenvalue weighted by Crippen LogP contribution is -2.21. The van der Waals surface area contributed by atoms with Gasteiger partial charge >= 0.3 is 0 Å². The maximum atomic E-state index is 13.4. The smallest absolute Gasteiger partial charge is 0.125 e. The van der Waals surface area contributed by atoms with Crippen molar-refractivity contribution in [1.29, 1.82) is 0 Å². The maximum absolute atomic E-state index is 13.4. The summed E-state index contributed by atoms with van der Waals surface area (Å²) in [7, 11) is 0. The fourth-order valence-electron chi connectivity index (χ4n) is 2.54. The topological polar surface area (TPSA) is 61.0 Å². The van der Waals surface area contributed by atoms with E-state index in [4.69, 9.17) is 10.5 Å². The van der Waals surface area contributed by atoms with E-state index in [0.29, 0.717) is 29.7 Å². The predicted molar refractivity (Wildman–Crippen MR) is 89.9 cm³/mol. The highest BCUT2D eigenvalue weighted by atomic mass is 19.1. The minimum absolute atomic E-state index is 0.137. The Balaban J connectivity index is 2.13. The van der Waals surface area contributed by atoms with Gasteiger partial charge in [-0.05, 0) is 50.5 Å². The number of alkyl halides is 1. The number of aromatic nitrogens is 2. The number of benzene rings is 1. The minimum atomic E-state index is -0.574. The summed E-state index contributed by atoms with van der Waals surface area (Å²) in [6.45, 7) is 5.84. The molecule has 0 aliphatic heterocycles. The molecule has 0 bridgehead atoms. The molecule has 4 nitrogen and oxygen atoms in total. The van der Waals surface area contributed by atoms with Crippen LogP contribution in [-0.2, 0) is 6.67 Å². The van der Waals surface area contributed by atoms with Crippen LogP contribution in [0, 0.1) is 12.8 Å². The average Bonchev–Trinajstić information content (AvgIpc) is 2.52. The molecule has 1 aromatic heterocycles. The Morgan fingerprint density at radius 1 is 1.26 bits per heavy atom. The zero-order valence-electron chi connectivity index (χ0n) is 13.9. The Bertz CT molecular complexity index is 646. The molecule has 0 fully saturated rings. The molecule has 0 aliphatic carbocycles.